The van der Waals surface area contributed by atoms with Gasteiger partial charge in [-0.3, -0.25) is 4.90 Å². The third kappa shape index (κ3) is 2.40. The zero-order chi connectivity index (χ0) is 15.2. The van der Waals surface area contributed by atoms with E-state index in [0.717, 1.165) is 42.8 Å². The first-order valence-electron chi connectivity index (χ1n) is 7.50. The first-order valence-corrected chi connectivity index (χ1v) is 9.08. The van der Waals surface area contributed by atoms with Gasteiger partial charge in [0.15, 0.2) is 5.76 Å². The monoisotopic (exact) mass is 310 g/mol. The fourth-order valence-electron chi connectivity index (χ4n) is 3.48. The largest absolute Gasteiger partial charge is 0.382 e. The number of nitrogens with zero attached hydrogens (tertiary/aromatic N) is 2. The van der Waals surface area contributed by atoms with Gasteiger partial charge in [-0.2, -0.15) is 8.42 Å². The van der Waals surface area contributed by atoms with Crippen LogP contribution in [0.3, 0.4) is 0 Å². The second kappa shape index (κ2) is 5.18. The van der Waals surface area contributed by atoms with Crippen LogP contribution < -0.4 is 0 Å². The summed E-state index contributed by atoms with van der Waals surface area (Å²) in [5, 5.41) is 0. The molecule has 0 N–H and O–H groups in total. The molecule has 0 saturated carbocycles. The Kier molecular flexibility index (Phi) is 3.61. The highest BCUT2D eigenvalue weighted by molar-refractivity contribution is 7.87. The predicted octanol–water partition coefficient (Wildman–Crippen LogP) is 1.75. The van der Waals surface area contributed by atoms with Crippen molar-refractivity contribution in [3.63, 3.8) is 0 Å². The number of hydrogen-bond acceptors (Lipinski definition) is 4. The second-order valence-electron chi connectivity index (χ2n) is 5.69. The minimum Gasteiger partial charge on any atom is -0.382 e. The Labute approximate surface area is 126 Å². The minimum atomic E-state index is -3.51. The summed E-state index contributed by atoms with van der Waals surface area (Å²) in [6.45, 7) is 5.83. The van der Waals surface area contributed by atoms with E-state index in [9.17, 15) is 8.42 Å². The Balaban J connectivity index is 2.13. The lowest BCUT2D eigenvalue weighted by atomic mass is 9.90. The van der Waals surface area contributed by atoms with Crippen molar-refractivity contribution in [3.8, 4) is 0 Å². The number of rotatable bonds is 3. The number of aromatic nitrogens is 1. The standard InChI is InChI=1S/C15H22N2O3S/c1-4-17(5-2)14-10-21(18,19)20-15-11(14)6-7-13-12(15)8-9-16(13)3/h8-9,14H,4-7,10H2,1-3H3. The maximum Gasteiger partial charge on any atom is 0.311 e. The average molecular weight is 310 g/mol. The van der Waals surface area contributed by atoms with Crippen LogP contribution in [-0.2, 0) is 27.8 Å². The average Bonchev–Trinajstić information content (AvgIpc) is 2.81. The molecular formula is C15H22N2O3S. The number of aryl methyl sites for hydroxylation is 1. The highest BCUT2D eigenvalue weighted by Crippen LogP contribution is 2.39. The molecule has 116 valence electrons. The second-order valence-corrected chi connectivity index (χ2v) is 7.30. The number of likely N-dealkylation sites (N-methyl/N-ethyl adjacent to an activating group) is 1. The van der Waals surface area contributed by atoms with Crippen LogP contribution in [0.1, 0.15) is 31.5 Å². The first kappa shape index (κ1) is 14.7. The molecule has 0 spiro atoms. The molecule has 0 fully saturated rings. The summed E-state index contributed by atoms with van der Waals surface area (Å²) >= 11 is 0. The fraction of sp³-hybridized carbons (Fsp3) is 0.600. The van der Waals surface area contributed by atoms with E-state index < -0.39 is 10.1 Å². The lowest BCUT2D eigenvalue weighted by Gasteiger charge is -2.37. The van der Waals surface area contributed by atoms with Crippen molar-refractivity contribution in [2.24, 2.45) is 7.05 Å². The molecule has 3 rings (SSSR count). The maximum absolute atomic E-state index is 12.2. The van der Waals surface area contributed by atoms with E-state index in [1.165, 1.54) is 0 Å². The van der Waals surface area contributed by atoms with Gasteiger partial charge in [-0.15, -0.1) is 0 Å². The summed E-state index contributed by atoms with van der Waals surface area (Å²) in [5.41, 5.74) is 3.25. The van der Waals surface area contributed by atoms with Crippen molar-refractivity contribution >= 4 is 15.9 Å². The molecule has 1 aliphatic heterocycles. The molecule has 1 aliphatic carbocycles. The van der Waals surface area contributed by atoms with Crippen LogP contribution in [0.2, 0.25) is 0 Å². The maximum atomic E-state index is 12.2. The third-order valence-corrected chi connectivity index (χ3v) is 5.74. The van der Waals surface area contributed by atoms with Gasteiger partial charge in [0.05, 0.1) is 6.04 Å². The fourth-order valence-corrected chi connectivity index (χ4v) is 4.80. The quantitative estimate of drug-likeness (QED) is 0.798. The highest BCUT2D eigenvalue weighted by atomic mass is 32.2. The zero-order valence-electron chi connectivity index (χ0n) is 12.8. The van der Waals surface area contributed by atoms with Gasteiger partial charge in [0.2, 0.25) is 0 Å². The van der Waals surface area contributed by atoms with Gasteiger partial charge in [-0.25, -0.2) is 0 Å². The van der Waals surface area contributed by atoms with E-state index in [4.69, 9.17) is 4.18 Å². The topological polar surface area (TPSA) is 51.5 Å². The minimum absolute atomic E-state index is 0.0536. The molecule has 1 aromatic rings. The van der Waals surface area contributed by atoms with E-state index in [-0.39, 0.29) is 11.8 Å². The van der Waals surface area contributed by atoms with Crippen LogP contribution in [0.25, 0.3) is 5.76 Å². The van der Waals surface area contributed by atoms with Crippen LogP contribution >= 0.6 is 0 Å². The molecule has 0 amide bonds. The smallest absolute Gasteiger partial charge is 0.311 e. The molecule has 5 nitrogen and oxygen atoms in total. The first-order chi connectivity index (χ1) is 9.96. The molecule has 0 radical (unpaired) electrons. The van der Waals surface area contributed by atoms with E-state index in [0.29, 0.717) is 5.76 Å². The van der Waals surface area contributed by atoms with Gasteiger partial charge in [0.1, 0.15) is 5.75 Å². The molecule has 0 aromatic carbocycles. The van der Waals surface area contributed by atoms with Gasteiger partial charge >= 0.3 is 10.1 Å². The van der Waals surface area contributed by atoms with Crippen LogP contribution in [-0.4, -0.2) is 42.8 Å². The summed E-state index contributed by atoms with van der Waals surface area (Å²) in [5.74, 6) is 0.648. The van der Waals surface area contributed by atoms with Crippen LogP contribution in [0.5, 0.6) is 0 Å². The van der Waals surface area contributed by atoms with E-state index in [2.05, 4.69) is 23.3 Å². The van der Waals surface area contributed by atoms with E-state index in [1.807, 2.05) is 19.3 Å². The molecule has 2 heterocycles. The Bertz CT molecular complexity index is 684. The van der Waals surface area contributed by atoms with Crippen molar-refractivity contribution in [3.05, 3.63) is 29.1 Å². The number of hydrogen-bond donors (Lipinski definition) is 0. The molecule has 1 aromatic heterocycles. The summed E-state index contributed by atoms with van der Waals surface area (Å²) in [7, 11) is -1.52. The van der Waals surface area contributed by atoms with Crippen molar-refractivity contribution in [1.82, 2.24) is 9.47 Å². The predicted molar refractivity (Wildman–Crippen MR) is 82.2 cm³/mol. The van der Waals surface area contributed by atoms with Crippen molar-refractivity contribution in [1.29, 1.82) is 0 Å². The normalized spacial score (nSPS) is 23.7. The molecule has 6 heteroatoms. The third-order valence-electron chi connectivity index (χ3n) is 4.60. The summed E-state index contributed by atoms with van der Waals surface area (Å²) < 4.78 is 31.8. The molecule has 1 unspecified atom stereocenters. The molecule has 1 atom stereocenters. The van der Waals surface area contributed by atoms with E-state index in [1.54, 1.807) is 0 Å². The Morgan fingerprint density at radius 2 is 2.05 bits per heavy atom. The van der Waals surface area contributed by atoms with Gasteiger partial charge in [0.25, 0.3) is 0 Å². The van der Waals surface area contributed by atoms with E-state index >= 15 is 0 Å². The SMILES string of the molecule is CCN(CC)C1CS(=O)(=O)OC2=C1CCc1c2ccn1C. The van der Waals surface area contributed by atoms with Crippen LogP contribution in [0, 0.1) is 0 Å². The van der Waals surface area contributed by atoms with Crippen LogP contribution in [0.15, 0.2) is 17.8 Å². The van der Waals surface area contributed by atoms with Crippen molar-refractivity contribution in [2.75, 3.05) is 18.8 Å². The molecule has 0 bridgehead atoms. The molecule has 2 aliphatic rings. The highest BCUT2D eigenvalue weighted by Gasteiger charge is 2.39. The van der Waals surface area contributed by atoms with Crippen molar-refractivity contribution in [2.45, 2.75) is 32.7 Å². The lowest BCUT2D eigenvalue weighted by molar-refractivity contribution is 0.244. The zero-order valence-corrected chi connectivity index (χ0v) is 13.6. The van der Waals surface area contributed by atoms with Crippen LogP contribution in [0.4, 0.5) is 0 Å². The molecular weight excluding hydrogens is 288 g/mol. The van der Waals surface area contributed by atoms with Crippen molar-refractivity contribution < 1.29 is 12.6 Å². The Morgan fingerprint density at radius 3 is 2.71 bits per heavy atom. The summed E-state index contributed by atoms with van der Waals surface area (Å²) in [6, 6.07) is 1.91. The number of fused-ring (bicyclic) bond motifs is 2. The lowest BCUT2D eigenvalue weighted by Crippen LogP contribution is -2.45. The molecule has 21 heavy (non-hydrogen) atoms. The Hall–Kier alpha value is -1.27. The molecule has 0 saturated heterocycles. The van der Waals surface area contributed by atoms with Gasteiger partial charge in [-0.1, -0.05) is 13.8 Å². The Morgan fingerprint density at radius 1 is 1.33 bits per heavy atom. The van der Waals surface area contributed by atoms with Gasteiger partial charge in [-0.05, 0) is 37.6 Å². The van der Waals surface area contributed by atoms with Gasteiger partial charge < -0.3 is 8.75 Å². The summed E-state index contributed by atoms with van der Waals surface area (Å²) in [4.78, 5) is 2.21. The summed E-state index contributed by atoms with van der Waals surface area (Å²) in [6.07, 6.45) is 3.79. The van der Waals surface area contributed by atoms with Gasteiger partial charge in [0, 0.05) is 24.5 Å².